The molecule has 1 N–H and O–H groups in total. The lowest BCUT2D eigenvalue weighted by atomic mass is 10.0. The Morgan fingerprint density at radius 2 is 1.32 bits per heavy atom. The van der Waals surface area contributed by atoms with Gasteiger partial charge in [0.1, 0.15) is 11.5 Å². The first-order chi connectivity index (χ1) is 12.1. The van der Waals surface area contributed by atoms with Gasteiger partial charge in [-0.1, -0.05) is 42.5 Å². The molecule has 0 fully saturated rings. The summed E-state index contributed by atoms with van der Waals surface area (Å²) in [6, 6.07) is 21.2. The first kappa shape index (κ1) is 17.3. The van der Waals surface area contributed by atoms with Crippen LogP contribution in [0.2, 0.25) is 0 Å². The fraction of sp³-hybridized carbons (Fsp3) is 0.100. The van der Waals surface area contributed by atoms with Gasteiger partial charge in [-0.25, -0.2) is 0 Å². The lowest BCUT2D eigenvalue weighted by molar-refractivity contribution is 0.397. The summed E-state index contributed by atoms with van der Waals surface area (Å²) >= 11 is 0. The third-order valence-corrected chi connectivity index (χ3v) is 6.08. The second kappa shape index (κ2) is 7.14. The Morgan fingerprint density at radius 1 is 0.760 bits per heavy atom. The van der Waals surface area contributed by atoms with E-state index in [0.29, 0.717) is 33.2 Å². The predicted octanol–water partition coefficient (Wildman–Crippen LogP) is 3.59. The average molecular weight is 354 g/mol. The second-order valence-corrected chi connectivity index (χ2v) is 7.62. The number of hydrogen-bond donors (Lipinski definition) is 1. The summed E-state index contributed by atoms with van der Waals surface area (Å²) in [6.07, 6.45) is 0. The van der Waals surface area contributed by atoms with Crippen LogP contribution in [-0.2, 0) is 4.57 Å². The molecule has 25 heavy (non-hydrogen) atoms. The van der Waals surface area contributed by atoms with E-state index in [1.807, 2.05) is 24.3 Å². The monoisotopic (exact) mass is 354 g/mol. The van der Waals surface area contributed by atoms with Crippen LogP contribution in [0.15, 0.2) is 72.8 Å². The van der Waals surface area contributed by atoms with E-state index in [0.717, 1.165) is 0 Å². The van der Waals surface area contributed by atoms with Gasteiger partial charge >= 0.3 is 0 Å². The highest BCUT2D eigenvalue weighted by Gasteiger charge is 2.29. The zero-order valence-corrected chi connectivity index (χ0v) is 14.9. The van der Waals surface area contributed by atoms with Crippen LogP contribution in [0.5, 0.6) is 11.5 Å². The molecule has 0 aliphatic rings. The average Bonchev–Trinajstić information content (AvgIpc) is 2.68. The Hall–Kier alpha value is -2.55. The van der Waals surface area contributed by atoms with Crippen LogP contribution >= 0.6 is 7.37 Å². The van der Waals surface area contributed by atoms with Crippen molar-refractivity contribution < 1.29 is 18.9 Å². The molecule has 0 saturated carbocycles. The molecular formula is C20H19O4P. The van der Waals surface area contributed by atoms with E-state index in [-0.39, 0.29) is 0 Å². The number of hydrogen-bond acceptors (Lipinski definition) is 3. The Labute approximate surface area is 147 Å². The van der Waals surface area contributed by atoms with E-state index < -0.39 is 7.37 Å². The van der Waals surface area contributed by atoms with Crippen molar-refractivity contribution in [3.05, 3.63) is 72.8 Å². The number of methoxy groups -OCH3 is 2. The lowest BCUT2D eigenvalue weighted by Gasteiger charge is -2.19. The van der Waals surface area contributed by atoms with E-state index in [4.69, 9.17) is 9.47 Å². The molecule has 0 heterocycles. The van der Waals surface area contributed by atoms with Gasteiger partial charge in [0.25, 0.3) is 7.37 Å². The van der Waals surface area contributed by atoms with Gasteiger partial charge in [-0.3, -0.25) is 4.57 Å². The van der Waals surface area contributed by atoms with Crippen molar-refractivity contribution in [1.82, 2.24) is 0 Å². The van der Waals surface area contributed by atoms with Crippen molar-refractivity contribution in [2.45, 2.75) is 0 Å². The van der Waals surface area contributed by atoms with Crippen molar-refractivity contribution in [2.75, 3.05) is 14.2 Å². The van der Waals surface area contributed by atoms with Gasteiger partial charge in [0, 0.05) is 16.2 Å². The van der Waals surface area contributed by atoms with Gasteiger partial charge < -0.3 is 14.4 Å². The minimum Gasteiger partial charge on any atom is -0.496 e. The van der Waals surface area contributed by atoms with Gasteiger partial charge in [-0.2, -0.15) is 0 Å². The van der Waals surface area contributed by atoms with Crippen LogP contribution in [0.1, 0.15) is 0 Å². The molecule has 0 bridgehead atoms. The minimum atomic E-state index is -3.77. The van der Waals surface area contributed by atoms with Crippen LogP contribution in [0.3, 0.4) is 0 Å². The highest BCUT2D eigenvalue weighted by atomic mass is 31.2. The normalized spacial score (nSPS) is 13.1. The first-order valence-corrected chi connectivity index (χ1v) is 9.45. The predicted molar refractivity (Wildman–Crippen MR) is 101 cm³/mol. The Morgan fingerprint density at radius 3 is 1.92 bits per heavy atom. The van der Waals surface area contributed by atoms with Crippen molar-refractivity contribution >= 4 is 18.0 Å². The zero-order chi connectivity index (χ0) is 17.9. The van der Waals surface area contributed by atoms with Gasteiger partial charge in [0.05, 0.1) is 19.8 Å². The second-order valence-electron chi connectivity index (χ2n) is 5.47. The van der Waals surface area contributed by atoms with E-state index in [9.17, 15) is 9.46 Å². The summed E-state index contributed by atoms with van der Waals surface area (Å²) in [4.78, 5) is 10.9. The maximum absolute atomic E-state index is 13.3. The molecule has 0 amide bonds. The summed E-state index contributed by atoms with van der Waals surface area (Å²) < 4.78 is 24.2. The van der Waals surface area contributed by atoms with Crippen LogP contribution in [-0.4, -0.2) is 19.1 Å². The van der Waals surface area contributed by atoms with Crippen molar-refractivity contribution in [1.29, 1.82) is 0 Å². The summed E-state index contributed by atoms with van der Waals surface area (Å²) in [5.41, 5.74) is 1.28. The fourth-order valence-electron chi connectivity index (χ4n) is 2.84. The summed E-state index contributed by atoms with van der Waals surface area (Å²) in [5, 5.41) is 0.736. The largest absolute Gasteiger partial charge is 0.496 e. The van der Waals surface area contributed by atoms with Gasteiger partial charge in [-0.15, -0.1) is 0 Å². The minimum absolute atomic E-state index is 0.351. The Bertz CT molecular complexity index is 900. The van der Waals surface area contributed by atoms with Gasteiger partial charge in [0.15, 0.2) is 0 Å². The molecule has 1 atom stereocenters. The van der Waals surface area contributed by atoms with Crippen molar-refractivity contribution in [3.63, 3.8) is 0 Å². The van der Waals surface area contributed by atoms with Crippen molar-refractivity contribution in [3.8, 4) is 22.6 Å². The molecule has 5 heteroatoms. The Balaban J connectivity index is 2.28. The number of ether oxygens (including phenoxy) is 2. The molecule has 3 aromatic rings. The van der Waals surface area contributed by atoms with Crippen LogP contribution in [0.4, 0.5) is 0 Å². The Kier molecular flexibility index (Phi) is 4.93. The molecule has 0 aliphatic carbocycles. The highest BCUT2D eigenvalue weighted by Crippen LogP contribution is 2.45. The maximum Gasteiger partial charge on any atom is 0.259 e. The topological polar surface area (TPSA) is 55.8 Å². The highest BCUT2D eigenvalue weighted by molar-refractivity contribution is 7.73. The SMILES string of the molecule is COc1cccc(OC)c1-c1ccccc1P(=O)(O)c1ccccc1. The van der Waals surface area contributed by atoms with Gasteiger partial charge in [-0.05, 0) is 30.3 Å². The molecule has 0 saturated heterocycles. The molecule has 0 aromatic heterocycles. The molecular weight excluding hydrogens is 335 g/mol. The molecule has 0 aliphatic heterocycles. The molecule has 0 spiro atoms. The van der Waals surface area contributed by atoms with Crippen LogP contribution in [0, 0.1) is 0 Å². The molecule has 4 nitrogen and oxygen atoms in total. The molecule has 1 unspecified atom stereocenters. The van der Waals surface area contributed by atoms with Crippen molar-refractivity contribution in [2.24, 2.45) is 0 Å². The van der Waals surface area contributed by atoms with E-state index >= 15 is 0 Å². The summed E-state index contributed by atoms with van der Waals surface area (Å²) in [6.45, 7) is 0. The maximum atomic E-state index is 13.3. The number of benzene rings is 3. The zero-order valence-electron chi connectivity index (χ0n) is 14.0. The molecule has 0 radical (unpaired) electrons. The summed E-state index contributed by atoms with van der Waals surface area (Å²) in [7, 11) is -0.640. The van der Waals surface area contributed by atoms with Crippen LogP contribution < -0.4 is 20.1 Å². The van der Waals surface area contributed by atoms with E-state index in [2.05, 4.69) is 0 Å². The smallest absolute Gasteiger partial charge is 0.259 e. The first-order valence-electron chi connectivity index (χ1n) is 7.79. The number of rotatable bonds is 5. The van der Waals surface area contributed by atoms with E-state index in [1.54, 1.807) is 62.8 Å². The van der Waals surface area contributed by atoms with Crippen LogP contribution in [0.25, 0.3) is 11.1 Å². The third-order valence-electron chi connectivity index (χ3n) is 4.03. The molecule has 3 aromatic carbocycles. The third kappa shape index (κ3) is 3.19. The molecule has 3 rings (SSSR count). The molecule has 128 valence electrons. The van der Waals surface area contributed by atoms with Gasteiger partial charge in [0.2, 0.25) is 0 Å². The summed E-state index contributed by atoms with van der Waals surface area (Å²) in [5.74, 6) is 1.17. The quantitative estimate of drug-likeness (QED) is 0.712. The fourth-order valence-corrected chi connectivity index (χ4v) is 4.49. The van der Waals surface area contributed by atoms with E-state index in [1.165, 1.54) is 0 Å². The standard InChI is InChI=1S/C20H19O4P/c1-23-17-12-8-13-18(24-2)20(17)16-11-6-7-14-19(16)25(21,22)15-9-4-3-5-10-15/h3-14H,1-2H3,(H,21,22). The lowest BCUT2D eigenvalue weighted by Crippen LogP contribution is -2.17.